The van der Waals surface area contributed by atoms with Gasteiger partial charge in [0.05, 0.1) is 11.8 Å². The van der Waals surface area contributed by atoms with Gasteiger partial charge in [0.25, 0.3) is 0 Å². The van der Waals surface area contributed by atoms with Gasteiger partial charge in [-0.1, -0.05) is 18.2 Å². The summed E-state index contributed by atoms with van der Waals surface area (Å²) in [5.41, 5.74) is 0. The van der Waals surface area contributed by atoms with E-state index in [4.69, 9.17) is 0 Å². The first-order valence-corrected chi connectivity index (χ1v) is 7.85. The van der Waals surface area contributed by atoms with Gasteiger partial charge in [-0.2, -0.15) is 0 Å². The third kappa shape index (κ3) is 2.01. The standard InChI is InChI=1S/C17H17N3O3/c1-9(15(21)19-12-4-2-3-7-18-12)20-16(22)13-10-5-6-11(8-10)14(13)17(20)23/h2-7,9-11,13-14H,8H2,1H3,(H,18,19,21)/t9-,10+,11+,13-,14+/m1/s1. The summed E-state index contributed by atoms with van der Waals surface area (Å²) in [5, 5.41) is 2.65. The summed E-state index contributed by atoms with van der Waals surface area (Å²) < 4.78 is 0. The Morgan fingerprint density at radius 3 is 2.43 bits per heavy atom. The zero-order valence-electron chi connectivity index (χ0n) is 12.7. The summed E-state index contributed by atoms with van der Waals surface area (Å²) >= 11 is 0. The smallest absolute Gasteiger partial charge is 0.248 e. The molecule has 3 amide bonds. The molecule has 2 bridgehead atoms. The molecule has 5 atom stereocenters. The van der Waals surface area contributed by atoms with E-state index in [1.165, 1.54) is 0 Å². The van der Waals surface area contributed by atoms with Gasteiger partial charge in [-0.3, -0.25) is 19.3 Å². The van der Waals surface area contributed by atoms with Crippen molar-refractivity contribution in [1.82, 2.24) is 9.88 Å². The number of fused-ring (bicyclic) bond motifs is 5. The average molecular weight is 311 g/mol. The van der Waals surface area contributed by atoms with Crippen LogP contribution in [-0.2, 0) is 14.4 Å². The fourth-order valence-electron chi connectivity index (χ4n) is 4.09. The van der Waals surface area contributed by atoms with E-state index < -0.39 is 11.9 Å². The van der Waals surface area contributed by atoms with Gasteiger partial charge in [0.1, 0.15) is 11.9 Å². The number of likely N-dealkylation sites (tertiary alicyclic amines) is 1. The maximum atomic E-state index is 12.7. The van der Waals surface area contributed by atoms with Crippen LogP contribution in [0.3, 0.4) is 0 Å². The van der Waals surface area contributed by atoms with Crippen LogP contribution >= 0.6 is 0 Å². The molecule has 6 nitrogen and oxygen atoms in total. The first-order valence-electron chi connectivity index (χ1n) is 7.85. The predicted molar refractivity (Wildman–Crippen MR) is 81.9 cm³/mol. The summed E-state index contributed by atoms with van der Waals surface area (Å²) in [7, 11) is 0. The number of imide groups is 1. The van der Waals surface area contributed by atoms with Crippen LogP contribution in [-0.4, -0.2) is 33.6 Å². The van der Waals surface area contributed by atoms with Gasteiger partial charge in [0.2, 0.25) is 17.7 Å². The van der Waals surface area contributed by atoms with Crippen molar-refractivity contribution < 1.29 is 14.4 Å². The van der Waals surface area contributed by atoms with Crippen LogP contribution in [0.2, 0.25) is 0 Å². The molecule has 4 rings (SSSR count). The van der Waals surface area contributed by atoms with Crippen molar-refractivity contribution in [2.24, 2.45) is 23.7 Å². The molecule has 1 aliphatic heterocycles. The van der Waals surface area contributed by atoms with Gasteiger partial charge in [-0.25, -0.2) is 4.98 Å². The molecule has 0 unspecified atom stereocenters. The number of aromatic nitrogens is 1. The largest absolute Gasteiger partial charge is 0.309 e. The monoisotopic (exact) mass is 311 g/mol. The highest BCUT2D eigenvalue weighted by Crippen LogP contribution is 2.52. The van der Waals surface area contributed by atoms with E-state index in [1.54, 1.807) is 31.3 Å². The number of rotatable bonds is 3. The lowest BCUT2D eigenvalue weighted by Crippen LogP contribution is -2.46. The van der Waals surface area contributed by atoms with Crippen LogP contribution in [0.1, 0.15) is 13.3 Å². The molecule has 2 fully saturated rings. The van der Waals surface area contributed by atoms with Crippen molar-refractivity contribution in [3.63, 3.8) is 0 Å². The van der Waals surface area contributed by atoms with Crippen LogP contribution in [0.4, 0.5) is 5.82 Å². The minimum absolute atomic E-state index is 0.150. The number of anilines is 1. The highest BCUT2D eigenvalue weighted by Gasteiger charge is 2.60. The Balaban J connectivity index is 1.53. The van der Waals surface area contributed by atoms with Gasteiger partial charge >= 0.3 is 0 Å². The Hall–Kier alpha value is -2.50. The summed E-state index contributed by atoms with van der Waals surface area (Å²) in [6.07, 6.45) is 6.54. The Morgan fingerprint density at radius 2 is 1.87 bits per heavy atom. The molecule has 1 aromatic rings. The molecular formula is C17H17N3O3. The third-order valence-corrected chi connectivity index (χ3v) is 5.19. The van der Waals surface area contributed by atoms with Gasteiger partial charge in [-0.05, 0) is 37.3 Å². The van der Waals surface area contributed by atoms with Gasteiger partial charge in [-0.15, -0.1) is 0 Å². The molecule has 0 aromatic carbocycles. The van der Waals surface area contributed by atoms with E-state index >= 15 is 0 Å². The van der Waals surface area contributed by atoms with Crippen molar-refractivity contribution in [2.45, 2.75) is 19.4 Å². The molecule has 1 N–H and O–H groups in total. The lowest BCUT2D eigenvalue weighted by Gasteiger charge is -2.23. The second kappa shape index (κ2) is 5.01. The van der Waals surface area contributed by atoms with Gasteiger partial charge in [0, 0.05) is 6.20 Å². The van der Waals surface area contributed by atoms with Crippen LogP contribution < -0.4 is 5.32 Å². The zero-order valence-corrected chi connectivity index (χ0v) is 12.7. The first-order chi connectivity index (χ1) is 11.1. The van der Waals surface area contributed by atoms with Crippen LogP contribution in [0.5, 0.6) is 0 Å². The number of amides is 3. The summed E-state index contributed by atoms with van der Waals surface area (Å²) in [5.74, 6) is -0.655. The maximum absolute atomic E-state index is 12.7. The Kier molecular flexibility index (Phi) is 3.07. The molecule has 118 valence electrons. The molecule has 0 radical (unpaired) electrons. The van der Waals surface area contributed by atoms with E-state index in [-0.39, 0.29) is 35.5 Å². The average Bonchev–Trinajstić information content (AvgIpc) is 3.22. The molecule has 0 spiro atoms. The number of allylic oxidation sites excluding steroid dienone is 2. The maximum Gasteiger partial charge on any atom is 0.248 e. The summed E-state index contributed by atoms with van der Waals surface area (Å²) in [6.45, 7) is 1.59. The fraction of sp³-hybridized carbons (Fsp3) is 0.412. The molecule has 2 heterocycles. The lowest BCUT2D eigenvalue weighted by molar-refractivity contribution is -0.146. The fourth-order valence-corrected chi connectivity index (χ4v) is 4.09. The number of hydrogen-bond donors (Lipinski definition) is 1. The van der Waals surface area contributed by atoms with Crippen LogP contribution in [0.25, 0.3) is 0 Å². The molecule has 2 aliphatic carbocycles. The lowest BCUT2D eigenvalue weighted by atomic mass is 9.85. The number of nitrogens with one attached hydrogen (secondary N) is 1. The van der Waals surface area contributed by atoms with Crippen molar-refractivity contribution in [3.05, 3.63) is 36.5 Å². The number of hydrogen-bond acceptors (Lipinski definition) is 4. The highest BCUT2D eigenvalue weighted by molar-refractivity contribution is 6.10. The summed E-state index contributed by atoms with van der Waals surface area (Å²) in [4.78, 5) is 42.9. The minimum atomic E-state index is -0.831. The SMILES string of the molecule is C[C@H](C(=O)Nc1ccccn1)N1C(=O)[C@@H]2[C@H](C1=O)[C@H]1C=C[C@H]2C1. The quantitative estimate of drug-likeness (QED) is 0.672. The molecular weight excluding hydrogens is 294 g/mol. The second-order valence-electron chi connectivity index (χ2n) is 6.43. The third-order valence-electron chi connectivity index (χ3n) is 5.19. The zero-order chi connectivity index (χ0) is 16.1. The molecule has 23 heavy (non-hydrogen) atoms. The van der Waals surface area contributed by atoms with Crippen LogP contribution in [0.15, 0.2) is 36.5 Å². The van der Waals surface area contributed by atoms with Crippen molar-refractivity contribution in [3.8, 4) is 0 Å². The van der Waals surface area contributed by atoms with Gasteiger partial charge < -0.3 is 5.32 Å². The van der Waals surface area contributed by atoms with Crippen molar-refractivity contribution in [2.75, 3.05) is 5.32 Å². The predicted octanol–water partition coefficient (Wildman–Crippen LogP) is 1.22. The van der Waals surface area contributed by atoms with E-state index in [1.807, 2.05) is 12.2 Å². The Labute approximate surface area is 133 Å². The molecule has 1 saturated carbocycles. The first kappa shape index (κ1) is 14.1. The van der Waals surface area contributed by atoms with E-state index in [0.717, 1.165) is 11.3 Å². The van der Waals surface area contributed by atoms with Gasteiger partial charge in [0.15, 0.2) is 0 Å². The molecule has 1 aromatic heterocycles. The Bertz CT molecular complexity index is 685. The number of carbonyl (C=O) groups excluding carboxylic acids is 3. The van der Waals surface area contributed by atoms with Crippen LogP contribution in [0, 0.1) is 23.7 Å². The normalized spacial score (nSPS) is 32.3. The molecule has 1 saturated heterocycles. The van der Waals surface area contributed by atoms with E-state index in [9.17, 15) is 14.4 Å². The summed E-state index contributed by atoms with van der Waals surface area (Å²) in [6, 6.07) is 4.34. The van der Waals surface area contributed by atoms with Crippen molar-refractivity contribution in [1.29, 1.82) is 0 Å². The topological polar surface area (TPSA) is 79.4 Å². The Morgan fingerprint density at radius 1 is 1.22 bits per heavy atom. The van der Waals surface area contributed by atoms with E-state index in [0.29, 0.717) is 5.82 Å². The van der Waals surface area contributed by atoms with E-state index in [2.05, 4.69) is 10.3 Å². The number of nitrogens with zero attached hydrogens (tertiary/aromatic N) is 2. The molecule has 3 aliphatic rings. The molecule has 6 heteroatoms. The van der Waals surface area contributed by atoms with Crippen molar-refractivity contribution >= 4 is 23.5 Å². The highest BCUT2D eigenvalue weighted by atomic mass is 16.2. The number of pyridine rings is 1. The second-order valence-corrected chi connectivity index (χ2v) is 6.43. The minimum Gasteiger partial charge on any atom is -0.309 e. The number of carbonyl (C=O) groups is 3.